The molecule has 0 fully saturated rings. The van der Waals surface area contributed by atoms with E-state index in [-0.39, 0.29) is 24.1 Å². The van der Waals surface area contributed by atoms with Crippen LogP contribution in [-0.4, -0.2) is 53.1 Å². The Balaban J connectivity index is 1.66. The highest BCUT2D eigenvalue weighted by Crippen LogP contribution is 2.38. The number of aryl methyl sites for hydroxylation is 2. The summed E-state index contributed by atoms with van der Waals surface area (Å²) in [4.78, 5) is 36.0. The van der Waals surface area contributed by atoms with Crippen molar-refractivity contribution in [2.75, 3.05) is 32.1 Å². The average molecular weight is 380 g/mol. The molecule has 2 aromatic rings. The van der Waals surface area contributed by atoms with Crippen LogP contribution in [0, 0.1) is 0 Å². The van der Waals surface area contributed by atoms with E-state index in [1.165, 1.54) is 39.9 Å². The summed E-state index contributed by atoms with van der Waals surface area (Å²) in [5.74, 6) is 0.268. The molecule has 0 atom stereocenters. The summed E-state index contributed by atoms with van der Waals surface area (Å²) < 4.78 is 0. The number of aromatic nitrogens is 2. The van der Waals surface area contributed by atoms with Crippen LogP contribution in [0.25, 0.3) is 10.2 Å². The fraction of sp³-hybridized carbons (Fsp3) is 0.500. The standard InChI is InChI=1S/C16H21N5O2S2/c1-21(2)12(23)7-18-11(22)8-24-16-19-14(17)13-9-5-3-4-6-10(9)25-15(13)20-16/h3-8H2,1-2H3,(H,18,22)(H2,17,19,20). The van der Waals surface area contributed by atoms with Crippen molar-refractivity contribution in [3.63, 3.8) is 0 Å². The van der Waals surface area contributed by atoms with Gasteiger partial charge in [0.05, 0.1) is 17.7 Å². The minimum Gasteiger partial charge on any atom is -0.383 e. The first-order valence-corrected chi connectivity index (χ1v) is 9.93. The van der Waals surface area contributed by atoms with Crippen molar-refractivity contribution < 1.29 is 9.59 Å². The quantitative estimate of drug-likeness (QED) is 0.602. The Labute approximate surface area is 154 Å². The van der Waals surface area contributed by atoms with Crippen LogP contribution in [0.4, 0.5) is 5.82 Å². The van der Waals surface area contributed by atoms with Crippen molar-refractivity contribution in [2.45, 2.75) is 30.8 Å². The van der Waals surface area contributed by atoms with Gasteiger partial charge < -0.3 is 16.0 Å². The van der Waals surface area contributed by atoms with E-state index in [0.717, 1.165) is 23.1 Å². The first kappa shape index (κ1) is 17.9. The largest absolute Gasteiger partial charge is 0.383 e. The number of nitrogens with one attached hydrogen (secondary N) is 1. The molecule has 1 aliphatic carbocycles. The Morgan fingerprint density at radius 2 is 2.04 bits per heavy atom. The molecule has 1 aliphatic rings. The van der Waals surface area contributed by atoms with Crippen molar-refractivity contribution >= 4 is 50.9 Å². The molecule has 2 aromatic heterocycles. The molecule has 0 bridgehead atoms. The van der Waals surface area contributed by atoms with Crippen molar-refractivity contribution in [2.24, 2.45) is 0 Å². The number of anilines is 1. The molecule has 0 saturated carbocycles. The van der Waals surface area contributed by atoms with Gasteiger partial charge in [-0.2, -0.15) is 0 Å². The van der Waals surface area contributed by atoms with E-state index in [0.29, 0.717) is 11.0 Å². The summed E-state index contributed by atoms with van der Waals surface area (Å²) >= 11 is 2.92. The van der Waals surface area contributed by atoms with E-state index in [9.17, 15) is 9.59 Å². The lowest BCUT2D eigenvalue weighted by molar-refractivity contribution is -0.130. The number of nitrogens with two attached hydrogens (primary N) is 1. The number of fused-ring (bicyclic) bond motifs is 3. The fourth-order valence-corrected chi connectivity index (χ4v) is 4.75. The summed E-state index contributed by atoms with van der Waals surface area (Å²) in [5, 5.41) is 4.08. The van der Waals surface area contributed by atoms with Gasteiger partial charge in [-0.1, -0.05) is 11.8 Å². The highest BCUT2D eigenvalue weighted by Gasteiger charge is 2.20. The maximum absolute atomic E-state index is 11.9. The minimum atomic E-state index is -0.229. The summed E-state index contributed by atoms with van der Waals surface area (Å²) in [6, 6.07) is 0. The summed E-state index contributed by atoms with van der Waals surface area (Å²) in [6.07, 6.45) is 4.51. The molecule has 0 aromatic carbocycles. The van der Waals surface area contributed by atoms with Gasteiger partial charge in [0.25, 0.3) is 0 Å². The molecule has 2 amide bonds. The number of carbonyl (C=O) groups is 2. The molecule has 0 unspecified atom stereocenters. The molecule has 0 spiro atoms. The van der Waals surface area contributed by atoms with Gasteiger partial charge in [-0.25, -0.2) is 9.97 Å². The number of likely N-dealkylation sites (N-methyl/N-ethyl adjacent to an activating group) is 1. The number of hydrogen-bond acceptors (Lipinski definition) is 7. The molecule has 25 heavy (non-hydrogen) atoms. The SMILES string of the molecule is CN(C)C(=O)CNC(=O)CSc1nc(N)c2c3c(sc2n1)CCCC3. The molecule has 0 saturated heterocycles. The van der Waals surface area contributed by atoms with E-state index in [2.05, 4.69) is 15.3 Å². The average Bonchev–Trinajstić information content (AvgIpc) is 2.96. The lowest BCUT2D eigenvalue weighted by Crippen LogP contribution is -2.37. The summed E-state index contributed by atoms with van der Waals surface area (Å²) in [5.41, 5.74) is 7.46. The van der Waals surface area contributed by atoms with Gasteiger partial charge in [0.15, 0.2) is 5.16 Å². The second kappa shape index (κ2) is 7.57. The normalized spacial score (nSPS) is 13.5. The smallest absolute Gasteiger partial charge is 0.241 e. The number of nitrogen functional groups attached to an aromatic ring is 1. The second-order valence-electron chi connectivity index (χ2n) is 6.14. The molecular formula is C16H21N5O2S2. The third kappa shape index (κ3) is 4.04. The number of nitrogens with zero attached hydrogens (tertiary/aromatic N) is 3. The van der Waals surface area contributed by atoms with Crippen LogP contribution in [0.1, 0.15) is 23.3 Å². The third-order valence-electron chi connectivity index (χ3n) is 4.09. The number of thiophene rings is 1. The zero-order valence-electron chi connectivity index (χ0n) is 14.3. The van der Waals surface area contributed by atoms with Gasteiger partial charge in [0.1, 0.15) is 10.6 Å². The van der Waals surface area contributed by atoms with Crippen molar-refractivity contribution in [1.82, 2.24) is 20.2 Å². The van der Waals surface area contributed by atoms with E-state index >= 15 is 0 Å². The molecule has 3 rings (SSSR count). The Kier molecular flexibility index (Phi) is 5.43. The Hall–Kier alpha value is -1.87. The van der Waals surface area contributed by atoms with E-state index < -0.39 is 0 Å². The molecule has 7 nitrogen and oxygen atoms in total. The predicted molar refractivity (Wildman–Crippen MR) is 101 cm³/mol. The summed E-state index contributed by atoms with van der Waals surface area (Å²) in [7, 11) is 3.30. The third-order valence-corrected chi connectivity index (χ3v) is 6.12. The second-order valence-corrected chi connectivity index (χ2v) is 8.16. The lowest BCUT2D eigenvalue weighted by Gasteiger charge is -2.11. The Morgan fingerprint density at radius 3 is 2.80 bits per heavy atom. The number of amides is 2. The van der Waals surface area contributed by atoms with Crippen LogP contribution < -0.4 is 11.1 Å². The highest BCUT2D eigenvalue weighted by atomic mass is 32.2. The van der Waals surface area contributed by atoms with Crippen molar-refractivity contribution in [1.29, 1.82) is 0 Å². The molecule has 9 heteroatoms. The highest BCUT2D eigenvalue weighted by molar-refractivity contribution is 7.99. The maximum atomic E-state index is 11.9. The van der Waals surface area contributed by atoms with Crippen LogP contribution >= 0.6 is 23.1 Å². The van der Waals surface area contributed by atoms with E-state index in [1.54, 1.807) is 25.4 Å². The van der Waals surface area contributed by atoms with Crippen LogP contribution in [0.3, 0.4) is 0 Å². The van der Waals surface area contributed by atoms with Crippen molar-refractivity contribution in [3.8, 4) is 0 Å². The molecular weight excluding hydrogens is 358 g/mol. The lowest BCUT2D eigenvalue weighted by atomic mass is 9.97. The fourth-order valence-electron chi connectivity index (χ4n) is 2.74. The number of carbonyl (C=O) groups excluding carboxylic acids is 2. The van der Waals surface area contributed by atoms with Gasteiger partial charge in [-0.05, 0) is 31.2 Å². The van der Waals surface area contributed by atoms with Gasteiger partial charge in [-0.3, -0.25) is 9.59 Å². The number of rotatable bonds is 5. The van der Waals surface area contributed by atoms with Gasteiger partial charge in [0, 0.05) is 19.0 Å². The topological polar surface area (TPSA) is 101 Å². The van der Waals surface area contributed by atoms with Crippen LogP contribution in [0.5, 0.6) is 0 Å². The molecule has 2 heterocycles. The van der Waals surface area contributed by atoms with Crippen LogP contribution in [0.2, 0.25) is 0 Å². The Bertz CT molecular complexity index is 818. The Morgan fingerprint density at radius 1 is 1.28 bits per heavy atom. The van der Waals surface area contributed by atoms with Gasteiger partial charge in [0.2, 0.25) is 11.8 Å². The molecule has 3 N–H and O–H groups in total. The molecule has 0 radical (unpaired) electrons. The van der Waals surface area contributed by atoms with E-state index in [1.807, 2.05) is 0 Å². The maximum Gasteiger partial charge on any atom is 0.241 e. The number of thioether (sulfide) groups is 1. The zero-order valence-corrected chi connectivity index (χ0v) is 15.9. The molecule has 0 aliphatic heterocycles. The van der Waals surface area contributed by atoms with Gasteiger partial charge >= 0.3 is 0 Å². The predicted octanol–water partition coefficient (Wildman–Crippen LogP) is 1.45. The van der Waals surface area contributed by atoms with Crippen molar-refractivity contribution in [3.05, 3.63) is 10.4 Å². The first-order chi connectivity index (χ1) is 12.0. The monoisotopic (exact) mass is 379 g/mol. The number of hydrogen-bond donors (Lipinski definition) is 2. The first-order valence-electron chi connectivity index (χ1n) is 8.13. The summed E-state index contributed by atoms with van der Waals surface area (Å²) in [6.45, 7) is -0.00787. The van der Waals surface area contributed by atoms with Crippen LogP contribution in [-0.2, 0) is 22.4 Å². The molecule has 134 valence electrons. The zero-order chi connectivity index (χ0) is 18.0. The van der Waals surface area contributed by atoms with Crippen LogP contribution in [0.15, 0.2) is 5.16 Å². The minimum absolute atomic E-state index is 0.00787. The van der Waals surface area contributed by atoms with Gasteiger partial charge in [-0.15, -0.1) is 11.3 Å². The van der Waals surface area contributed by atoms with E-state index in [4.69, 9.17) is 5.73 Å².